The molecule has 0 aliphatic rings. The molecule has 27 heavy (non-hydrogen) atoms. The van der Waals surface area contributed by atoms with E-state index in [1.54, 1.807) is 32.2 Å². The Hall–Kier alpha value is -2.67. The fourth-order valence-corrected chi connectivity index (χ4v) is 4.13. The van der Waals surface area contributed by atoms with E-state index in [4.69, 9.17) is 4.74 Å². The Morgan fingerprint density at radius 1 is 1.04 bits per heavy atom. The first kappa shape index (κ1) is 19.1. The van der Waals surface area contributed by atoms with Gasteiger partial charge in [-0.2, -0.15) is 0 Å². The third-order valence-electron chi connectivity index (χ3n) is 4.44. The van der Waals surface area contributed by atoms with E-state index in [2.05, 4.69) is 31.1 Å². The third kappa shape index (κ3) is 3.60. The molecule has 0 aliphatic heterocycles. The topological polar surface area (TPSA) is 74.1 Å². The van der Waals surface area contributed by atoms with Crippen molar-refractivity contribution in [2.75, 3.05) is 7.11 Å². The van der Waals surface area contributed by atoms with Gasteiger partial charge in [-0.3, -0.25) is 0 Å². The third-order valence-corrected chi connectivity index (χ3v) is 6.21. The van der Waals surface area contributed by atoms with Crippen LogP contribution in [-0.2, 0) is 15.3 Å². The van der Waals surface area contributed by atoms with Gasteiger partial charge in [0.05, 0.1) is 23.4 Å². The largest absolute Gasteiger partial charge is 0.497 e. The van der Waals surface area contributed by atoms with Crippen LogP contribution < -0.4 is 4.74 Å². The normalized spacial score (nSPS) is 12.2. The SMILES string of the molecule is COc1cccc(-n2nnc(S(=O)(=O)c3ccc(C(C)(C)C)cc3)c2C)c1. The lowest BCUT2D eigenvalue weighted by atomic mass is 9.87. The van der Waals surface area contributed by atoms with Gasteiger partial charge in [-0.1, -0.05) is 44.2 Å². The van der Waals surface area contributed by atoms with Gasteiger partial charge in [0.2, 0.25) is 14.9 Å². The molecule has 6 nitrogen and oxygen atoms in total. The minimum absolute atomic E-state index is 0.0474. The molecule has 3 rings (SSSR count). The lowest BCUT2D eigenvalue weighted by Crippen LogP contribution is -2.11. The van der Waals surface area contributed by atoms with Crippen LogP contribution in [-0.4, -0.2) is 30.5 Å². The van der Waals surface area contributed by atoms with Crippen molar-refractivity contribution in [3.8, 4) is 11.4 Å². The number of benzene rings is 2. The zero-order valence-corrected chi connectivity index (χ0v) is 16.9. The minimum Gasteiger partial charge on any atom is -0.497 e. The quantitative estimate of drug-likeness (QED) is 0.684. The summed E-state index contributed by atoms with van der Waals surface area (Å²) >= 11 is 0. The molecule has 0 bridgehead atoms. The van der Waals surface area contributed by atoms with Crippen LogP contribution in [0.4, 0.5) is 0 Å². The van der Waals surface area contributed by atoms with E-state index in [1.807, 2.05) is 30.3 Å². The number of ether oxygens (including phenoxy) is 1. The van der Waals surface area contributed by atoms with Gasteiger partial charge in [-0.25, -0.2) is 13.1 Å². The molecule has 0 unspecified atom stereocenters. The molecule has 0 saturated carbocycles. The first-order valence-corrected chi connectivity index (χ1v) is 10.1. The van der Waals surface area contributed by atoms with Gasteiger partial charge in [-0.05, 0) is 42.2 Å². The van der Waals surface area contributed by atoms with Gasteiger partial charge in [0, 0.05) is 6.07 Å². The van der Waals surface area contributed by atoms with Crippen molar-refractivity contribution >= 4 is 9.84 Å². The van der Waals surface area contributed by atoms with Crippen molar-refractivity contribution in [1.29, 1.82) is 0 Å². The molecule has 142 valence electrons. The van der Waals surface area contributed by atoms with E-state index in [0.717, 1.165) is 5.56 Å². The maximum Gasteiger partial charge on any atom is 0.227 e. The maximum atomic E-state index is 13.0. The molecule has 0 spiro atoms. The number of nitrogens with zero attached hydrogens (tertiary/aromatic N) is 3. The highest BCUT2D eigenvalue weighted by molar-refractivity contribution is 7.91. The Kier molecular flexibility index (Phi) is 4.82. The number of aromatic nitrogens is 3. The summed E-state index contributed by atoms with van der Waals surface area (Å²) in [5.41, 5.74) is 2.15. The summed E-state index contributed by atoms with van der Waals surface area (Å²) in [5.74, 6) is 0.657. The molecule has 7 heteroatoms. The standard InChI is InChI=1S/C20H23N3O3S/c1-14-19(21-22-23(14)16-7-6-8-17(13-16)26-5)27(24,25)18-11-9-15(10-12-18)20(2,3)4/h6-13H,1-5H3. The Morgan fingerprint density at radius 3 is 2.30 bits per heavy atom. The van der Waals surface area contributed by atoms with E-state index >= 15 is 0 Å². The molecule has 3 aromatic rings. The molecular weight excluding hydrogens is 362 g/mol. The second kappa shape index (κ2) is 6.81. The average molecular weight is 385 g/mol. The summed E-state index contributed by atoms with van der Waals surface area (Å²) in [7, 11) is -2.19. The smallest absolute Gasteiger partial charge is 0.227 e. The van der Waals surface area contributed by atoms with E-state index in [9.17, 15) is 8.42 Å². The molecular formula is C20H23N3O3S. The monoisotopic (exact) mass is 385 g/mol. The summed E-state index contributed by atoms with van der Waals surface area (Å²) in [6.45, 7) is 7.94. The number of methoxy groups -OCH3 is 1. The molecule has 2 aromatic carbocycles. The summed E-state index contributed by atoms with van der Waals surface area (Å²) < 4.78 is 32.8. The highest BCUT2D eigenvalue weighted by Gasteiger charge is 2.26. The Labute approximate surface area is 159 Å². The molecule has 0 N–H and O–H groups in total. The van der Waals surface area contributed by atoms with Crippen molar-refractivity contribution in [2.45, 2.75) is 43.0 Å². The molecule has 0 saturated heterocycles. The second-order valence-corrected chi connectivity index (χ2v) is 9.24. The Morgan fingerprint density at radius 2 is 1.70 bits per heavy atom. The van der Waals surface area contributed by atoms with Crippen molar-refractivity contribution in [2.24, 2.45) is 0 Å². The van der Waals surface area contributed by atoms with Gasteiger partial charge in [0.25, 0.3) is 0 Å². The molecule has 0 aliphatic carbocycles. The number of sulfone groups is 1. The lowest BCUT2D eigenvalue weighted by Gasteiger charge is -2.19. The maximum absolute atomic E-state index is 13.0. The summed E-state index contributed by atoms with van der Waals surface area (Å²) in [4.78, 5) is 0.205. The van der Waals surface area contributed by atoms with Crippen LogP contribution in [0.2, 0.25) is 0 Å². The molecule has 0 atom stereocenters. The first-order valence-electron chi connectivity index (χ1n) is 8.57. The average Bonchev–Trinajstić information content (AvgIpc) is 3.03. The molecule has 0 amide bonds. The minimum atomic E-state index is -3.76. The molecule has 0 fully saturated rings. The van der Waals surface area contributed by atoms with Crippen LogP contribution in [0.25, 0.3) is 5.69 Å². The van der Waals surface area contributed by atoms with Crippen LogP contribution in [0.15, 0.2) is 58.5 Å². The zero-order valence-electron chi connectivity index (χ0n) is 16.1. The predicted octanol–water partition coefficient (Wildman–Crippen LogP) is 3.71. The van der Waals surface area contributed by atoms with Crippen LogP contribution >= 0.6 is 0 Å². The van der Waals surface area contributed by atoms with Crippen molar-refractivity contribution in [1.82, 2.24) is 15.0 Å². The van der Waals surface area contributed by atoms with Crippen LogP contribution in [0.5, 0.6) is 5.75 Å². The highest BCUT2D eigenvalue weighted by Crippen LogP contribution is 2.27. The predicted molar refractivity (Wildman–Crippen MR) is 103 cm³/mol. The van der Waals surface area contributed by atoms with E-state index in [0.29, 0.717) is 17.1 Å². The number of hydrogen-bond donors (Lipinski definition) is 0. The van der Waals surface area contributed by atoms with Gasteiger partial charge < -0.3 is 4.74 Å². The number of hydrogen-bond acceptors (Lipinski definition) is 5. The summed E-state index contributed by atoms with van der Waals surface area (Å²) in [6.07, 6.45) is 0. The lowest BCUT2D eigenvalue weighted by molar-refractivity contribution is 0.414. The van der Waals surface area contributed by atoms with Gasteiger partial charge in [0.1, 0.15) is 5.75 Å². The molecule has 0 radical (unpaired) electrons. The van der Waals surface area contributed by atoms with E-state index < -0.39 is 9.84 Å². The van der Waals surface area contributed by atoms with Crippen molar-refractivity contribution < 1.29 is 13.2 Å². The summed E-state index contributed by atoms with van der Waals surface area (Å²) in [6, 6.07) is 14.1. The van der Waals surface area contributed by atoms with Crippen LogP contribution in [0, 0.1) is 6.92 Å². The first-order chi connectivity index (χ1) is 12.6. The van der Waals surface area contributed by atoms with E-state index in [-0.39, 0.29) is 15.3 Å². The van der Waals surface area contributed by atoms with Gasteiger partial charge >= 0.3 is 0 Å². The van der Waals surface area contributed by atoms with Crippen molar-refractivity contribution in [3.05, 3.63) is 59.8 Å². The van der Waals surface area contributed by atoms with Gasteiger partial charge in [0.15, 0.2) is 0 Å². The van der Waals surface area contributed by atoms with Crippen molar-refractivity contribution in [3.63, 3.8) is 0 Å². The number of rotatable bonds is 4. The fourth-order valence-electron chi connectivity index (χ4n) is 2.80. The Bertz CT molecular complexity index is 1060. The molecule has 1 heterocycles. The van der Waals surface area contributed by atoms with Crippen LogP contribution in [0.3, 0.4) is 0 Å². The fraction of sp³-hybridized carbons (Fsp3) is 0.300. The molecule has 1 aromatic heterocycles. The Balaban J connectivity index is 2.02. The van der Waals surface area contributed by atoms with E-state index in [1.165, 1.54) is 4.68 Å². The zero-order chi connectivity index (χ0) is 19.8. The van der Waals surface area contributed by atoms with Crippen LogP contribution in [0.1, 0.15) is 32.0 Å². The highest BCUT2D eigenvalue weighted by atomic mass is 32.2. The summed E-state index contributed by atoms with van der Waals surface area (Å²) in [5, 5.41) is 7.95. The van der Waals surface area contributed by atoms with Gasteiger partial charge in [-0.15, -0.1) is 5.10 Å². The second-order valence-electron chi connectivity index (χ2n) is 7.37.